The van der Waals surface area contributed by atoms with E-state index in [0.717, 1.165) is 18.7 Å². The van der Waals surface area contributed by atoms with Crippen molar-refractivity contribution in [3.63, 3.8) is 0 Å². The van der Waals surface area contributed by atoms with Crippen molar-refractivity contribution in [3.8, 4) is 0 Å². The Morgan fingerprint density at radius 1 is 1.31 bits per heavy atom. The van der Waals surface area contributed by atoms with Crippen molar-refractivity contribution in [1.82, 2.24) is 10.4 Å². The average Bonchev–Trinajstić information content (AvgIpc) is 2.72. The number of nitrogens with two attached hydrogens (primary N) is 1. The second-order valence-electron chi connectivity index (χ2n) is 3.84. The van der Waals surface area contributed by atoms with Crippen LogP contribution in [0, 0.1) is 0 Å². The van der Waals surface area contributed by atoms with Gasteiger partial charge in [0, 0.05) is 0 Å². The molecule has 16 heavy (non-hydrogen) atoms. The predicted molar refractivity (Wildman–Crippen MR) is 62.8 cm³/mol. The lowest BCUT2D eigenvalue weighted by Crippen LogP contribution is -2.97. The summed E-state index contributed by atoms with van der Waals surface area (Å²) in [7, 11) is 0. The maximum Gasteiger partial charge on any atom is 0.191 e. The summed E-state index contributed by atoms with van der Waals surface area (Å²) in [5.74, 6) is 0. The molecule has 5 N–H and O–H groups in total. The van der Waals surface area contributed by atoms with Crippen molar-refractivity contribution >= 4 is 0 Å². The molecular weight excluding hydrogens is 202 g/mol. The van der Waals surface area contributed by atoms with E-state index in [1.54, 1.807) is 0 Å². The minimum atomic E-state index is 0.324. The molecule has 0 saturated heterocycles. The summed E-state index contributed by atoms with van der Waals surface area (Å²) in [6.45, 7) is 3.33. The fourth-order valence-corrected chi connectivity index (χ4v) is 1.98. The molecule has 2 rings (SSSR count). The molecular formula is C12H19N3O+2. The summed E-state index contributed by atoms with van der Waals surface area (Å²) < 4.78 is 0. The third-order valence-electron chi connectivity index (χ3n) is 2.80. The monoisotopic (exact) mass is 221 g/mol. The number of hydrogen-bond donors (Lipinski definition) is 2. The highest BCUT2D eigenvalue weighted by molar-refractivity contribution is 5.17. The number of nitrogens with zero attached hydrogens (tertiary/aromatic N) is 1. The fourth-order valence-electron chi connectivity index (χ4n) is 1.98. The van der Waals surface area contributed by atoms with E-state index in [0.29, 0.717) is 6.61 Å². The molecule has 4 heteroatoms. The second-order valence-corrected chi connectivity index (χ2v) is 3.84. The van der Waals surface area contributed by atoms with Crippen LogP contribution in [0.3, 0.4) is 0 Å². The molecule has 0 unspecified atom stereocenters. The van der Waals surface area contributed by atoms with Gasteiger partial charge >= 0.3 is 0 Å². The third-order valence-corrected chi connectivity index (χ3v) is 2.80. The lowest BCUT2D eigenvalue weighted by Gasteiger charge is -2.15. The van der Waals surface area contributed by atoms with Crippen LogP contribution in [0.15, 0.2) is 41.7 Å². The first kappa shape index (κ1) is 11.0. The van der Waals surface area contributed by atoms with Gasteiger partial charge in [0.25, 0.3) is 0 Å². The Labute approximate surface area is 95.5 Å². The van der Waals surface area contributed by atoms with Crippen LogP contribution < -0.4 is 11.0 Å². The Bertz CT molecular complexity index is 375. The Kier molecular flexibility index (Phi) is 3.44. The van der Waals surface area contributed by atoms with E-state index >= 15 is 0 Å². The van der Waals surface area contributed by atoms with Gasteiger partial charge in [-0.25, -0.2) is 10.4 Å². The largest absolute Gasteiger partial charge is 0.441 e. The van der Waals surface area contributed by atoms with E-state index in [1.807, 2.05) is 11.6 Å². The van der Waals surface area contributed by atoms with Crippen LogP contribution in [0.5, 0.6) is 0 Å². The molecule has 1 aromatic carbocycles. The standard InChI is InChI=1S/C12H17N3O/c1-2-12-11(9-16)13-14-15(12)8-10-6-4-3-5-7-10/h3-7,13-14,16H,2,8-9H2,1H3/p+2. The van der Waals surface area contributed by atoms with Crippen LogP contribution >= 0.6 is 0 Å². The minimum absolute atomic E-state index is 0.324. The Balaban J connectivity index is 2.09. The molecule has 0 amide bonds. The van der Waals surface area contributed by atoms with Crippen LogP contribution in [0.25, 0.3) is 0 Å². The van der Waals surface area contributed by atoms with E-state index < -0.39 is 0 Å². The molecule has 0 bridgehead atoms. The summed E-state index contributed by atoms with van der Waals surface area (Å²) in [4.78, 5) is 0. The van der Waals surface area contributed by atoms with Gasteiger partial charge < -0.3 is 5.11 Å². The van der Waals surface area contributed by atoms with Crippen molar-refractivity contribution in [2.45, 2.75) is 19.9 Å². The summed E-state index contributed by atoms with van der Waals surface area (Å²) in [6.07, 6.45) is 0.963. The Morgan fingerprint density at radius 2 is 2.06 bits per heavy atom. The summed E-state index contributed by atoms with van der Waals surface area (Å²) in [5.41, 5.74) is 8.69. The molecule has 0 aromatic heterocycles. The maximum atomic E-state index is 7.44. The fraction of sp³-hybridized carbons (Fsp3) is 0.333. The molecule has 1 aliphatic rings. The van der Waals surface area contributed by atoms with Gasteiger partial charge in [-0.1, -0.05) is 37.3 Å². The average molecular weight is 221 g/mol. The van der Waals surface area contributed by atoms with Gasteiger partial charge in [-0.05, 0) is 12.0 Å². The smallest absolute Gasteiger partial charge is 0.191 e. The van der Waals surface area contributed by atoms with E-state index in [4.69, 9.17) is 5.11 Å². The van der Waals surface area contributed by atoms with Crippen molar-refractivity contribution in [3.05, 3.63) is 47.3 Å². The number of allylic oxidation sites excluding steroid dienone is 1. The van der Waals surface area contributed by atoms with Gasteiger partial charge in [0.15, 0.2) is 12.3 Å². The van der Waals surface area contributed by atoms with Crippen molar-refractivity contribution in [1.29, 1.82) is 0 Å². The Morgan fingerprint density at radius 3 is 2.69 bits per heavy atom. The SMILES string of the molecule is CCC1=C(C[OH2+])N[NH2+]N1Cc1ccccc1. The predicted octanol–water partition coefficient (Wildman–Crippen LogP) is -0.169. The maximum absolute atomic E-state index is 7.44. The molecule has 0 atom stereocenters. The van der Waals surface area contributed by atoms with E-state index in [9.17, 15) is 0 Å². The minimum Gasteiger partial charge on any atom is -0.441 e. The number of benzene rings is 1. The number of quaternary nitrogens is 1. The number of nitrogens with one attached hydrogen (secondary N) is 1. The van der Waals surface area contributed by atoms with Crippen molar-refractivity contribution < 1.29 is 10.6 Å². The Hall–Kier alpha value is -1.52. The molecule has 0 fully saturated rings. The highest BCUT2D eigenvalue weighted by atomic mass is 16.3. The van der Waals surface area contributed by atoms with Gasteiger partial charge in [-0.15, -0.1) is 5.53 Å². The van der Waals surface area contributed by atoms with Gasteiger partial charge in [0.1, 0.15) is 5.70 Å². The highest BCUT2D eigenvalue weighted by Gasteiger charge is 2.25. The topological polar surface area (TPSA) is 54.8 Å². The van der Waals surface area contributed by atoms with Gasteiger partial charge in [-0.2, -0.15) is 0 Å². The molecule has 0 radical (unpaired) electrons. The van der Waals surface area contributed by atoms with Crippen LogP contribution in [0.4, 0.5) is 0 Å². The van der Waals surface area contributed by atoms with Gasteiger partial charge in [0.05, 0.1) is 6.54 Å². The van der Waals surface area contributed by atoms with Crippen LogP contribution in [0.2, 0.25) is 0 Å². The van der Waals surface area contributed by atoms with E-state index in [1.165, 1.54) is 11.3 Å². The molecule has 1 heterocycles. The molecule has 1 aromatic rings. The zero-order valence-corrected chi connectivity index (χ0v) is 9.53. The first-order valence-electron chi connectivity index (χ1n) is 5.62. The zero-order chi connectivity index (χ0) is 11.4. The highest BCUT2D eigenvalue weighted by Crippen LogP contribution is 2.14. The van der Waals surface area contributed by atoms with E-state index in [-0.39, 0.29) is 0 Å². The van der Waals surface area contributed by atoms with Crippen LogP contribution in [-0.4, -0.2) is 16.7 Å². The zero-order valence-electron chi connectivity index (χ0n) is 9.53. The molecule has 0 aliphatic carbocycles. The number of rotatable bonds is 4. The third kappa shape index (κ3) is 2.18. The van der Waals surface area contributed by atoms with Gasteiger partial charge in [0.2, 0.25) is 0 Å². The van der Waals surface area contributed by atoms with E-state index in [2.05, 4.69) is 41.6 Å². The molecule has 4 nitrogen and oxygen atoms in total. The number of hydrogen-bond acceptors (Lipinski definition) is 2. The summed E-state index contributed by atoms with van der Waals surface area (Å²) in [6, 6.07) is 10.4. The van der Waals surface area contributed by atoms with Crippen LogP contribution in [-0.2, 0) is 6.54 Å². The van der Waals surface area contributed by atoms with Crippen LogP contribution in [0.1, 0.15) is 18.9 Å². The summed E-state index contributed by atoms with van der Waals surface area (Å²) in [5, 5.41) is 9.63. The molecule has 86 valence electrons. The van der Waals surface area contributed by atoms with Gasteiger partial charge in [-0.3, -0.25) is 0 Å². The summed E-state index contributed by atoms with van der Waals surface area (Å²) >= 11 is 0. The van der Waals surface area contributed by atoms with Crippen molar-refractivity contribution in [2.75, 3.05) is 6.61 Å². The first-order chi connectivity index (χ1) is 7.85. The molecule has 0 spiro atoms. The normalized spacial score (nSPS) is 15.5. The quantitative estimate of drug-likeness (QED) is 0.548. The lowest BCUT2D eigenvalue weighted by molar-refractivity contribution is -0.828. The van der Waals surface area contributed by atoms with Crippen molar-refractivity contribution in [2.24, 2.45) is 0 Å². The second kappa shape index (κ2) is 5.01. The molecule has 1 aliphatic heterocycles. The molecule has 0 saturated carbocycles. The first-order valence-corrected chi connectivity index (χ1v) is 5.62. The lowest BCUT2D eigenvalue weighted by atomic mass is 10.2.